The fourth-order valence-corrected chi connectivity index (χ4v) is 5.91. The van der Waals surface area contributed by atoms with E-state index < -0.39 is 15.8 Å². The first-order chi connectivity index (χ1) is 12.8. The zero-order valence-electron chi connectivity index (χ0n) is 14.5. The molecule has 1 amide bonds. The lowest BCUT2D eigenvalue weighted by atomic mass is 10.1. The van der Waals surface area contributed by atoms with Crippen LogP contribution in [-0.4, -0.2) is 56.8 Å². The maximum atomic E-state index is 13.8. The normalized spacial score (nSPS) is 15.7. The summed E-state index contributed by atoms with van der Waals surface area (Å²) >= 11 is 6.84. The lowest BCUT2D eigenvalue weighted by Crippen LogP contribution is -2.50. The number of ether oxygens (including phenoxy) is 1. The van der Waals surface area contributed by atoms with Crippen molar-refractivity contribution in [3.05, 3.63) is 46.0 Å². The molecule has 0 spiro atoms. The molecule has 27 heavy (non-hydrogen) atoms. The molecule has 0 N–H and O–H groups in total. The van der Waals surface area contributed by atoms with Gasteiger partial charge < -0.3 is 9.64 Å². The van der Waals surface area contributed by atoms with Crippen LogP contribution in [0.3, 0.4) is 0 Å². The van der Waals surface area contributed by atoms with Gasteiger partial charge in [0.25, 0.3) is 10.0 Å². The molecule has 2 heterocycles. The van der Waals surface area contributed by atoms with Crippen molar-refractivity contribution in [2.24, 2.45) is 0 Å². The number of sulfonamides is 1. The van der Waals surface area contributed by atoms with E-state index in [1.54, 1.807) is 17.0 Å². The molecule has 1 aliphatic rings. The van der Waals surface area contributed by atoms with Crippen LogP contribution in [0.2, 0.25) is 4.34 Å². The summed E-state index contributed by atoms with van der Waals surface area (Å²) in [4.78, 5) is 14.0. The van der Waals surface area contributed by atoms with Crippen molar-refractivity contribution in [1.82, 2.24) is 9.21 Å². The fourth-order valence-electron chi connectivity index (χ4n) is 2.85. The Kier molecular flexibility index (Phi) is 6.05. The molecular weight excluding hydrogens is 415 g/mol. The summed E-state index contributed by atoms with van der Waals surface area (Å²) in [5.41, 5.74) is 0.543. The van der Waals surface area contributed by atoms with Crippen LogP contribution in [0.5, 0.6) is 5.75 Å². The van der Waals surface area contributed by atoms with Crippen LogP contribution in [-0.2, 0) is 21.2 Å². The molecule has 1 aromatic heterocycles. The van der Waals surface area contributed by atoms with Gasteiger partial charge in [-0.2, -0.15) is 4.31 Å². The number of hydrogen-bond donors (Lipinski definition) is 0. The van der Waals surface area contributed by atoms with Crippen LogP contribution in [0.15, 0.2) is 34.5 Å². The number of carbonyl (C=O) groups is 1. The minimum atomic E-state index is -3.60. The van der Waals surface area contributed by atoms with E-state index in [1.807, 2.05) is 0 Å². The summed E-state index contributed by atoms with van der Waals surface area (Å²) in [5.74, 6) is -0.567. The minimum absolute atomic E-state index is 0.0498. The highest BCUT2D eigenvalue weighted by Gasteiger charge is 2.31. The summed E-state index contributed by atoms with van der Waals surface area (Å²) in [6.45, 7) is 0.993. The van der Waals surface area contributed by atoms with E-state index in [0.717, 1.165) is 11.3 Å². The van der Waals surface area contributed by atoms with Gasteiger partial charge in [0.1, 0.15) is 4.21 Å². The molecule has 0 saturated carbocycles. The second-order valence-electron chi connectivity index (χ2n) is 5.99. The molecule has 0 atom stereocenters. The maximum absolute atomic E-state index is 13.8. The smallest absolute Gasteiger partial charge is 0.252 e. The van der Waals surface area contributed by atoms with E-state index in [0.29, 0.717) is 9.90 Å². The molecule has 1 aromatic carbocycles. The Balaban J connectivity index is 1.60. The number of rotatable bonds is 5. The van der Waals surface area contributed by atoms with Gasteiger partial charge in [0.15, 0.2) is 11.6 Å². The Morgan fingerprint density at radius 2 is 1.93 bits per heavy atom. The number of nitrogens with zero attached hydrogens (tertiary/aromatic N) is 2. The van der Waals surface area contributed by atoms with Crippen molar-refractivity contribution >= 4 is 38.9 Å². The molecule has 3 rings (SSSR count). The van der Waals surface area contributed by atoms with E-state index in [4.69, 9.17) is 16.3 Å². The lowest BCUT2D eigenvalue weighted by molar-refractivity contribution is -0.131. The quantitative estimate of drug-likeness (QED) is 0.728. The summed E-state index contributed by atoms with van der Waals surface area (Å²) in [7, 11) is -2.22. The molecule has 10 heteroatoms. The van der Waals surface area contributed by atoms with Crippen molar-refractivity contribution in [3.8, 4) is 5.75 Å². The molecule has 146 valence electrons. The Morgan fingerprint density at radius 1 is 1.22 bits per heavy atom. The van der Waals surface area contributed by atoms with Gasteiger partial charge in [-0.15, -0.1) is 11.3 Å². The zero-order valence-corrected chi connectivity index (χ0v) is 16.9. The van der Waals surface area contributed by atoms with Gasteiger partial charge >= 0.3 is 0 Å². The monoisotopic (exact) mass is 432 g/mol. The molecule has 0 unspecified atom stereocenters. The number of halogens is 2. The molecule has 0 radical (unpaired) electrons. The lowest BCUT2D eigenvalue weighted by Gasteiger charge is -2.33. The highest BCUT2D eigenvalue weighted by atomic mass is 35.5. The molecule has 1 saturated heterocycles. The predicted molar refractivity (Wildman–Crippen MR) is 101 cm³/mol. The first-order valence-electron chi connectivity index (χ1n) is 8.17. The Bertz CT molecular complexity index is 940. The summed E-state index contributed by atoms with van der Waals surface area (Å²) < 4.78 is 45.8. The predicted octanol–water partition coefficient (Wildman–Crippen LogP) is 2.62. The Hall–Kier alpha value is -1.68. The molecule has 1 fully saturated rings. The molecule has 2 aromatic rings. The molecule has 0 aliphatic carbocycles. The van der Waals surface area contributed by atoms with E-state index >= 15 is 0 Å². The second-order valence-corrected chi connectivity index (χ2v) is 9.87. The first-order valence-corrected chi connectivity index (χ1v) is 10.8. The zero-order chi connectivity index (χ0) is 19.6. The first kappa shape index (κ1) is 20.1. The third kappa shape index (κ3) is 4.43. The number of piperazine rings is 1. The van der Waals surface area contributed by atoms with Crippen LogP contribution in [0.1, 0.15) is 5.56 Å². The van der Waals surface area contributed by atoms with Crippen LogP contribution >= 0.6 is 22.9 Å². The van der Waals surface area contributed by atoms with E-state index in [1.165, 1.54) is 29.6 Å². The standard InChI is InChI=1S/C17H18ClFN2O4S2/c1-25-14-3-2-12(10-13(14)19)11-16(22)20-6-8-21(9-7-20)27(23,24)17-5-4-15(18)26-17/h2-5,10H,6-9,11H2,1H3. The number of hydrogen-bond acceptors (Lipinski definition) is 5. The van der Waals surface area contributed by atoms with Crippen LogP contribution < -0.4 is 4.74 Å². The largest absolute Gasteiger partial charge is 0.494 e. The third-order valence-electron chi connectivity index (χ3n) is 4.31. The molecular formula is C17H18ClFN2O4S2. The topological polar surface area (TPSA) is 66.9 Å². The average molecular weight is 433 g/mol. The van der Waals surface area contributed by atoms with Gasteiger partial charge in [-0.05, 0) is 29.8 Å². The van der Waals surface area contributed by atoms with Gasteiger partial charge in [0.2, 0.25) is 5.91 Å². The van der Waals surface area contributed by atoms with Crippen molar-refractivity contribution in [2.75, 3.05) is 33.3 Å². The molecule has 6 nitrogen and oxygen atoms in total. The fraction of sp³-hybridized carbons (Fsp3) is 0.353. The van der Waals surface area contributed by atoms with Crippen molar-refractivity contribution in [1.29, 1.82) is 0 Å². The van der Waals surface area contributed by atoms with Gasteiger partial charge in [-0.1, -0.05) is 17.7 Å². The number of amides is 1. The Morgan fingerprint density at radius 3 is 2.48 bits per heavy atom. The van der Waals surface area contributed by atoms with Gasteiger partial charge in [0, 0.05) is 26.2 Å². The van der Waals surface area contributed by atoms with Gasteiger partial charge in [0.05, 0.1) is 17.9 Å². The summed E-state index contributed by atoms with van der Waals surface area (Å²) in [6.07, 6.45) is 0.0498. The minimum Gasteiger partial charge on any atom is -0.494 e. The second kappa shape index (κ2) is 8.14. The highest BCUT2D eigenvalue weighted by Crippen LogP contribution is 2.28. The highest BCUT2D eigenvalue weighted by molar-refractivity contribution is 7.91. The molecule has 0 bridgehead atoms. The van der Waals surface area contributed by atoms with Crippen molar-refractivity contribution in [2.45, 2.75) is 10.6 Å². The number of benzene rings is 1. The van der Waals surface area contributed by atoms with E-state index in [-0.39, 0.29) is 48.5 Å². The van der Waals surface area contributed by atoms with Gasteiger partial charge in [-0.3, -0.25) is 4.79 Å². The summed E-state index contributed by atoms with van der Waals surface area (Å²) in [5, 5.41) is 0. The van der Waals surface area contributed by atoms with Crippen molar-refractivity contribution < 1.29 is 22.3 Å². The SMILES string of the molecule is COc1ccc(CC(=O)N2CCN(S(=O)(=O)c3ccc(Cl)s3)CC2)cc1F. The number of thiophene rings is 1. The third-order valence-corrected chi connectivity index (χ3v) is 7.90. The summed E-state index contributed by atoms with van der Waals surface area (Å²) in [6, 6.07) is 7.43. The van der Waals surface area contributed by atoms with E-state index in [9.17, 15) is 17.6 Å². The van der Waals surface area contributed by atoms with Crippen LogP contribution in [0.4, 0.5) is 4.39 Å². The average Bonchev–Trinajstić information content (AvgIpc) is 3.09. The van der Waals surface area contributed by atoms with Crippen LogP contribution in [0, 0.1) is 5.82 Å². The van der Waals surface area contributed by atoms with E-state index in [2.05, 4.69) is 0 Å². The molecule has 1 aliphatic heterocycles. The maximum Gasteiger partial charge on any atom is 0.252 e. The van der Waals surface area contributed by atoms with Gasteiger partial charge in [-0.25, -0.2) is 12.8 Å². The van der Waals surface area contributed by atoms with Crippen LogP contribution in [0.25, 0.3) is 0 Å². The Labute approximate surface area is 166 Å². The number of methoxy groups -OCH3 is 1. The number of carbonyl (C=O) groups excluding carboxylic acids is 1. The van der Waals surface area contributed by atoms with Crippen molar-refractivity contribution in [3.63, 3.8) is 0 Å².